The minimum atomic E-state index is -4.26. The van der Waals surface area contributed by atoms with E-state index < -0.39 is 28.3 Å². The first-order valence-electron chi connectivity index (χ1n) is 13.5. The molecule has 212 valence electrons. The van der Waals surface area contributed by atoms with Crippen molar-refractivity contribution in [2.45, 2.75) is 37.6 Å². The summed E-state index contributed by atoms with van der Waals surface area (Å²) in [6.07, 6.45) is 2.34. The second kappa shape index (κ2) is 11.8. The molecule has 1 amide bonds. The zero-order chi connectivity index (χ0) is 28.3. The number of hydrogen-bond donors (Lipinski definition) is 1. The van der Waals surface area contributed by atoms with Gasteiger partial charge in [-0.25, -0.2) is 12.8 Å². The number of rotatable bonds is 8. The molecule has 2 aliphatic rings. The molecular weight excluding hydrogens is 533 g/mol. The molecule has 10 heteroatoms. The van der Waals surface area contributed by atoms with Gasteiger partial charge < -0.3 is 19.7 Å². The van der Waals surface area contributed by atoms with Gasteiger partial charge in [-0.05, 0) is 73.7 Å². The van der Waals surface area contributed by atoms with E-state index in [0.717, 1.165) is 40.6 Å². The number of piperidine rings is 1. The summed E-state index contributed by atoms with van der Waals surface area (Å²) in [6, 6.07) is 17.1. The van der Waals surface area contributed by atoms with Crippen LogP contribution in [0, 0.1) is 11.7 Å². The van der Waals surface area contributed by atoms with E-state index in [-0.39, 0.29) is 16.6 Å². The maximum atomic E-state index is 14.1. The molecule has 0 radical (unpaired) electrons. The van der Waals surface area contributed by atoms with Gasteiger partial charge in [-0.15, -0.1) is 0 Å². The molecule has 1 N–H and O–H groups in total. The van der Waals surface area contributed by atoms with Crippen LogP contribution < -0.4 is 24.0 Å². The fourth-order valence-electron chi connectivity index (χ4n) is 5.00. The Morgan fingerprint density at radius 1 is 1.02 bits per heavy atom. The molecule has 0 aliphatic carbocycles. The van der Waals surface area contributed by atoms with E-state index in [9.17, 15) is 17.6 Å². The Kier molecular flexibility index (Phi) is 8.16. The van der Waals surface area contributed by atoms with Crippen LogP contribution in [0.1, 0.15) is 38.3 Å². The Morgan fingerprint density at radius 2 is 1.73 bits per heavy atom. The number of carbonyl (C=O) groups is 1. The molecule has 1 atom stereocenters. The highest BCUT2D eigenvalue weighted by molar-refractivity contribution is 7.92. The Labute approximate surface area is 234 Å². The van der Waals surface area contributed by atoms with E-state index in [1.165, 1.54) is 49.2 Å². The zero-order valence-corrected chi connectivity index (χ0v) is 23.5. The molecule has 1 fully saturated rings. The predicted octanol–water partition coefficient (Wildman–Crippen LogP) is 4.91. The van der Waals surface area contributed by atoms with Gasteiger partial charge in [-0.3, -0.25) is 9.10 Å². The molecule has 3 aromatic carbocycles. The minimum Gasteiger partial charge on any atom is -0.486 e. The molecule has 0 bridgehead atoms. The van der Waals surface area contributed by atoms with Crippen LogP contribution in [0.15, 0.2) is 71.6 Å². The van der Waals surface area contributed by atoms with Crippen LogP contribution in [0.4, 0.5) is 15.8 Å². The number of benzene rings is 3. The molecule has 2 heterocycles. The summed E-state index contributed by atoms with van der Waals surface area (Å²) in [5.74, 6) is 0.349. The topological polar surface area (TPSA) is 88.2 Å². The van der Waals surface area contributed by atoms with Crippen LogP contribution in [0.3, 0.4) is 0 Å². The van der Waals surface area contributed by atoms with Gasteiger partial charge in [0.1, 0.15) is 25.6 Å². The first kappa shape index (κ1) is 27.8. The van der Waals surface area contributed by atoms with E-state index in [1.54, 1.807) is 0 Å². The molecule has 1 saturated heterocycles. The molecule has 5 rings (SSSR count). The third kappa shape index (κ3) is 6.17. The lowest BCUT2D eigenvalue weighted by molar-refractivity contribution is -0.120. The molecule has 8 nitrogen and oxygen atoms in total. The molecule has 1 unspecified atom stereocenters. The Morgan fingerprint density at radius 3 is 2.42 bits per heavy atom. The number of carbonyl (C=O) groups excluding carboxylic acids is 1. The van der Waals surface area contributed by atoms with E-state index in [1.807, 2.05) is 19.1 Å². The van der Waals surface area contributed by atoms with Crippen molar-refractivity contribution in [3.63, 3.8) is 0 Å². The van der Waals surface area contributed by atoms with E-state index in [4.69, 9.17) is 9.47 Å². The van der Waals surface area contributed by atoms with Crippen molar-refractivity contribution in [3.8, 4) is 11.5 Å². The molecule has 40 heavy (non-hydrogen) atoms. The Balaban J connectivity index is 1.33. The molecule has 0 aromatic heterocycles. The van der Waals surface area contributed by atoms with E-state index in [0.29, 0.717) is 24.7 Å². The first-order valence-corrected chi connectivity index (χ1v) is 15.0. The number of fused-ring (bicyclic) bond motifs is 1. The summed E-state index contributed by atoms with van der Waals surface area (Å²) in [5, 5.41) is 2.89. The lowest BCUT2D eigenvalue weighted by Crippen LogP contribution is -2.41. The van der Waals surface area contributed by atoms with Gasteiger partial charge in [0, 0.05) is 24.8 Å². The normalized spacial score (nSPS) is 16.3. The van der Waals surface area contributed by atoms with Crippen molar-refractivity contribution in [1.82, 2.24) is 5.32 Å². The number of halogens is 1. The number of hydrogen-bond acceptors (Lipinski definition) is 6. The predicted molar refractivity (Wildman–Crippen MR) is 152 cm³/mol. The average molecular weight is 568 g/mol. The fourth-order valence-corrected chi connectivity index (χ4v) is 6.43. The van der Waals surface area contributed by atoms with Crippen LogP contribution >= 0.6 is 0 Å². The van der Waals surface area contributed by atoms with Crippen molar-refractivity contribution >= 4 is 27.3 Å². The summed E-state index contributed by atoms with van der Waals surface area (Å²) < 4.78 is 53.6. The van der Waals surface area contributed by atoms with Gasteiger partial charge in [0.2, 0.25) is 5.91 Å². The quantitative estimate of drug-likeness (QED) is 0.417. The molecular formula is C30H34FN3O5S. The maximum Gasteiger partial charge on any atom is 0.264 e. The number of nitrogens with zero attached hydrogens (tertiary/aromatic N) is 2. The Hall–Kier alpha value is -3.79. The smallest absolute Gasteiger partial charge is 0.264 e. The second-order valence-electron chi connectivity index (χ2n) is 10.3. The summed E-state index contributed by atoms with van der Waals surface area (Å²) in [4.78, 5) is 15.5. The van der Waals surface area contributed by atoms with Crippen LogP contribution in [0.5, 0.6) is 11.5 Å². The third-order valence-corrected chi connectivity index (χ3v) is 9.17. The zero-order valence-electron chi connectivity index (χ0n) is 22.7. The second-order valence-corrected chi connectivity index (χ2v) is 12.2. The van der Waals surface area contributed by atoms with Crippen LogP contribution in [-0.4, -0.2) is 47.2 Å². The van der Waals surface area contributed by atoms with Gasteiger partial charge in [0.15, 0.2) is 11.5 Å². The molecule has 3 aromatic rings. The maximum absolute atomic E-state index is 14.1. The summed E-state index contributed by atoms with van der Waals surface area (Å²) >= 11 is 0. The highest BCUT2D eigenvalue weighted by Crippen LogP contribution is 2.34. The van der Waals surface area contributed by atoms with Gasteiger partial charge >= 0.3 is 0 Å². The van der Waals surface area contributed by atoms with Crippen molar-refractivity contribution in [3.05, 3.63) is 78.1 Å². The van der Waals surface area contributed by atoms with Crippen molar-refractivity contribution in [2.75, 3.05) is 42.1 Å². The van der Waals surface area contributed by atoms with E-state index >= 15 is 0 Å². The van der Waals surface area contributed by atoms with E-state index in [2.05, 4.69) is 29.3 Å². The highest BCUT2D eigenvalue weighted by Gasteiger charge is 2.29. The number of nitrogens with one attached hydrogen (secondary N) is 1. The average Bonchev–Trinajstić information content (AvgIpc) is 2.96. The molecule has 0 saturated carbocycles. The molecule has 0 spiro atoms. The molecule has 2 aliphatic heterocycles. The van der Waals surface area contributed by atoms with Gasteiger partial charge in [0.05, 0.1) is 16.6 Å². The minimum absolute atomic E-state index is 0.0397. The van der Waals surface area contributed by atoms with Crippen LogP contribution in [0.2, 0.25) is 0 Å². The summed E-state index contributed by atoms with van der Waals surface area (Å²) in [7, 11) is -4.26. The van der Waals surface area contributed by atoms with Gasteiger partial charge in [-0.1, -0.05) is 25.1 Å². The van der Waals surface area contributed by atoms with Crippen LogP contribution in [0.25, 0.3) is 0 Å². The number of amides is 1. The number of ether oxygens (including phenoxy) is 2. The largest absolute Gasteiger partial charge is 0.486 e. The standard InChI is InChI=1S/C30H34FN3O5S/c1-21-12-14-33(15-13-21)25-8-6-23(7-9-25)22(2)32-30(35)20-34(26-5-3-4-24(31)18-26)40(36,37)27-10-11-28-29(19-27)39-17-16-38-28/h3-11,18-19,21-22H,12-17,20H2,1-2H3,(H,32,35). The van der Waals surface area contributed by atoms with Crippen molar-refractivity contribution in [1.29, 1.82) is 0 Å². The lowest BCUT2D eigenvalue weighted by Gasteiger charge is -2.32. The summed E-state index contributed by atoms with van der Waals surface area (Å²) in [6.45, 7) is 6.31. The number of sulfonamides is 1. The van der Waals surface area contributed by atoms with Gasteiger partial charge in [0.25, 0.3) is 10.0 Å². The fraction of sp³-hybridized carbons (Fsp3) is 0.367. The number of anilines is 2. The Bertz CT molecular complexity index is 1460. The SMILES string of the molecule is CC1CCN(c2ccc(C(C)NC(=O)CN(c3cccc(F)c3)S(=O)(=O)c3ccc4c(c3)OCCO4)cc2)CC1. The highest BCUT2D eigenvalue weighted by atomic mass is 32.2. The van der Waals surface area contributed by atoms with Gasteiger partial charge in [-0.2, -0.15) is 0 Å². The van der Waals surface area contributed by atoms with Crippen molar-refractivity contribution in [2.24, 2.45) is 5.92 Å². The monoisotopic (exact) mass is 567 g/mol. The third-order valence-electron chi connectivity index (χ3n) is 7.40. The van der Waals surface area contributed by atoms with Crippen molar-refractivity contribution < 1.29 is 27.1 Å². The first-order chi connectivity index (χ1) is 19.2. The lowest BCUT2D eigenvalue weighted by atomic mass is 9.98. The van der Waals surface area contributed by atoms with Crippen LogP contribution in [-0.2, 0) is 14.8 Å². The summed E-state index contributed by atoms with van der Waals surface area (Å²) in [5.41, 5.74) is 2.09.